The normalized spacial score (nSPS) is 14.3. The lowest BCUT2D eigenvalue weighted by Gasteiger charge is -2.27. The van der Waals surface area contributed by atoms with Crippen molar-refractivity contribution in [3.63, 3.8) is 0 Å². The van der Waals surface area contributed by atoms with Gasteiger partial charge in [0.05, 0.1) is 5.69 Å². The third kappa shape index (κ3) is 2.06. The van der Waals surface area contributed by atoms with Crippen LogP contribution in [0.25, 0.3) is 0 Å². The maximum absolute atomic E-state index is 12.1. The van der Waals surface area contributed by atoms with Gasteiger partial charge in [-0.25, -0.2) is 19.6 Å². The minimum atomic E-state index is 0.0370. The van der Waals surface area contributed by atoms with Crippen molar-refractivity contribution < 1.29 is 4.79 Å². The smallest absolute Gasteiger partial charge is 0.244 e. The minimum absolute atomic E-state index is 0.0370. The van der Waals surface area contributed by atoms with Gasteiger partial charge in [-0.2, -0.15) is 5.10 Å². The molecule has 0 fully saturated rings. The van der Waals surface area contributed by atoms with E-state index in [1.807, 2.05) is 0 Å². The van der Waals surface area contributed by atoms with Gasteiger partial charge in [-0.05, 0) is 0 Å². The molecular formula is C11H12N6O. The number of nitrogens with zero attached hydrogens (tertiary/aromatic N) is 6. The zero-order valence-electron chi connectivity index (χ0n) is 9.73. The molecule has 7 heteroatoms. The number of rotatable bonds is 2. The number of hydrogen-bond donors (Lipinski definition) is 0. The topological polar surface area (TPSA) is 76.8 Å². The molecule has 0 aromatic carbocycles. The molecule has 0 unspecified atom stereocenters. The van der Waals surface area contributed by atoms with Crippen LogP contribution >= 0.6 is 0 Å². The van der Waals surface area contributed by atoms with Gasteiger partial charge in [-0.15, -0.1) is 0 Å². The van der Waals surface area contributed by atoms with Crippen molar-refractivity contribution in [3.8, 4) is 0 Å². The van der Waals surface area contributed by atoms with E-state index in [1.54, 1.807) is 23.8 Å². The summed E-state index contributed by atoms with van der Waals surface area (Å²) < 4.78 is 1.53. The molecule has 2 aromatic heterocycles. The highest BCUT2D eigenvalue weighted by molar-refractivity contribution is 5.76. The zero-order valence-corrected chi connectivity index (χ0v) is 9.73. The largest absolute Gasteiger partial charge is 0.336 e. The van der Waals surface area contributed by atoms with E-state index in [0.29, 0.717) is 13.1 Å². The van der Waals surface area contributed by atoms with E-state index in [0.717, 1.165) is 17.7 Å². The second kappa shape index (κ2) is 4.52. The summed E-state index contributed by atoms with van der Waals surface area (Å²) in [6, 6.07) is 0. The zero-order chi connectivity index (χ0) is 12.4. The SMILES string of the molecule is O=C(Cn1cncn1)N1CCc2ncncc2C1. The van der Waals surface area contributed by atoms with Crippen LogP contribution in [0.15, 0.2) is 25.2 Å². The number of carbonyl (C=O) groups is 1. The molecule has 0 spiro atoms. The van der Waals surface area contributed by atoms with Gasteiger partial charge in [0.25, 0.3) is 0 Å². The van der Waals surface area contributed by atoms with Crippen molar-refractivity contribution >= 4 is 5.91 Å². The van der Waals surface area contributed by atoms with Crippen LogP contribution in [0.4, 0.5) is 0 Å². The first kappa shape index (κ1) is 10.8. The van der Waals surface area contributed by atoms with Crippen LogP contribution in [0.1, 0.15) is 11.3 Å². The maximum atomic E-state index is 12.1. The molecule has 0 N–H and O–H groups in total. The molecule has 0 saturated carbocycles. The lowest BCUT2D eigenvalue weighted by atomic mass is 10.1. The number of carbonyl (C=O) groups excluding carboxylic acids is 1. The van der Waals surface area contributed by atoms with E-state index in [2.05, 4.69) is 20.1 Å². The molecule has 2 aromatic rings. The number of amides is 1. The van der Waals surface area contributed by atoms with Crippen molar-refractivity contribution in [2.24, 2.45) is 0 Å². The first-order chi connectivity index (χ1) is 8.83. The van der Waals surface area contributed by atoms with Crippen molar-refractivity contribution in [1.29, 1.82) is 0 Å². The van der Waals surface area contributed by atoms with Crippen LogP contribution in [-0.2, 0) is 24.3 Å². The van der Waals surface area contributed by atoms with Crippen LogP contribution in [-0.4, -0.2) is 42.1 Å². The highest BCUT2D eigenvalue weighted by atomic mass is 16.2. The van der Waals surface area contributed by atoms with E-state index in [1.165, 1.54) is 11.0 Å². The molecule has 3 heterocycles. The molecule has 0 aliphatic carbocycles. The summed E-state index contributed by atoms with van der Waals surface area (Å²) in [5.41, 5.74) is 2.06. The second-order valence-electron chi connectivity index (χ2n) is 4.15. The summed E-state index contributed by atoms with van der Waals surface area (Å²) in [7, 11) is 0. The second-order valence-corrected chi connectivity index (χ2v) is 4.15. The van der Waals surface area contributed by atoms with E-state index in [9.17, 15) is 4.79 Å². The molecule has 18 heavy (non-hydrogen) atoms. The molecule has 92 valence electrons. The quantitative estimate of drug-likeness (QED) is 0.722. The molecular weight excluding hydrogens is 232 g/mol. The van der Waals surface area contributed by atoms with Gasteiger partial charge in [0.1, 0.15) is 25.5 Å². The van der Waals surface area contributed by atoms with Crippen LogP contribution in [0.5, 0.6) is 0 Å². The Labute approximate surface area is 103 Å². The van der Waals surface area contributed by atoms with Crippen molar-refractivity contribution in [1.82, 2.24) is 29.6 Å². The molecule has 1 amide bonds. The van der Waals surface area contributed by atoms with E-state index in [4.69, 9.17) is 0 Å². The van der Waals surface area contributed by atoms with Gasteiger partial charge < -0.3 is 4.90 Å². The summed E-state index contributed by atoms with van der Waals surface area (Å²) in [6.07, 6.45) is 7.06. The van der Waals surface area contributed by atoms with E-state index >= 15 is 0 Å². The van der Waals surface area contributed by atoms with E-state index < -0.39 is 0 Å². The lowest BCUT2D eigenvalue weighted by Crippen LogP contribution is -2.38. The summed E-state index contributed by atoms with van der Waals surface area (Å²) in [5.74, 6) is 0.0370. The van der Waals surface area contributed by atoms with Crippen LogP contribution in [0.2, 0.25) is 0 Å². The highest BCUT2D eigenvalue weighted by Gasteiger charge is 2.21. The standard InChI is InChI=1S/C11H12N6O/c18-11(5-17-8-13-7-15-17)16-2-1-10-9(4-16)3-12-6-14-10/h3,6-8H,1-2,4-5H2. The molecule has 0 bridgehead atoms. The molecule has 0 atom stereocenters. The first-order valence-corrected chi connectivity index (χ1v) is 5.71. The van der Waals surface area contributed by atoms with Gasteiger partial charge >= 0.3 is 0 Å². The summed E-state index contributed by atoms with van der Waals surface area (Å²) in [6.45, 7) is 1.49. The van der Waals surface area contributed by atoms with Gasteiger partial charge in [0.15, 0.2) is 0 Å². The predicted octanol–water partition coefficient (Wildman–Crippen LogP) is -0.347. The summed E-state index contributed by atoms with van der Waals surface area (Å²) in [4.78, 5) is 25.9. The van der Waals surface area contributed by atoms with E-state index in [-0.39, 0.29) is 12.5 Å². The molecule has 1 aliphatic heterocycles. The highest BCUT2D eigenvalue weighted by Crippen LogP contribution is 2.15. The number of fused-ring (bicyclic) bond motifs is 1. The summed E-state index contributed by atoms with van der Waals surface area (Å²) >= 11 is 0. The van der Waals surface area contributed by atoms with Crippen molar-refractivity contribution in [3.05, 3.63) is 36.4 Å². The Morgan fingerprint density at radius 3 is 3.11 bits per heavy atom. The predicted molar refractivity (Wildman–Crippen MR) is 61.2 cm³/mol. The van der Waals surface area contributed by atoms with Crippen LogP contribution < -0.4 is 0 Å². The number of hydrogen-bond acceptors (Lipinski definition) is 5. The average Bonchev–Trinajstić information content (AvgIpc) is 2.91. The fraction of sp³-hybridized carbons (Fsp3) is 0.364. The molecule has 3 rings (SSSR count). The Hall–Kier alpha value is -2.31. The number of aromatic nitrogens is 5. The van der Waals surface area contributed by atoms with Crippen molar-refractivity contribution in [2.75, 3.05) is 6.54 Å². The minimum Gasteiger partial charge on any atom is -0.336 e. The van der Waals surface area contributed by atoms with Gasteiger partial charge in [-0.3, -0.25) is 4.79 Å². The maximum Gasteiger partial charge on any atom is 0.244 e. The fourth-order valence-electron chi connectivity index (χ4n) is 2.03. The fourth-order valence-corrected chi connectivity index (χ4v) is 2.03. The molecule has 0 radical (unpaired) electrons. The van der Waals surface area contributed by atoms with Gasteiger partial charge in [-0.1, -0.05) is 0 Å². The van der Waals surface area contributed by atoms with Crippen LogP contribution in [0.3, 0.4) is 0 Å². The monoisotopic (exact) mass is 244 g/mol. The van der Waals surface area contributed by atoms with Crippen LogP contribution in [0, 0.1) is 0 Å². The Kier molecular flexibility index (Phi) is 2.71. The van der Waals surface area contributed by atoms with Gasteiger partial charge in [0, 0.05) is 31.3 Å². The Morgan fingerprint density at radius 2 is 2.28 bits per heavy atom. The Morgan fingerprint density at radius 1 is 1.33 bits per heavy atom. The van der Waals surface area contributed by atoms with Gasteiger partial charge in [0.2, 0.25) is 5.91 Å². The Bertz CT molecular complexity index is 552. The first-order valence-electron chi connectivity index (χ1n) is 5.71. The molecule has 1 aliphatic rings. The average molecular weight is 244 g/mol. The Balaban J connectivity index is 1.70. The molecule has 0 saturated heterocycles. The third-order valence-corrected chi connectivity index (χ3v) is 2.98. The lowest BCUT2D eigenvalue weighted by molar-refractivity contribution is -0.133. The third-order valence-electron chi connectivity index (χ3n) is 2.98. The van der Waals surface area contributed by atoms with Crippen molar-refractivity contribution in [2.45, 2.75) is 19.5 Å². The summed E-state index contributed by atoms with van der Waals surface area (Å²) in [5, 5.41) is 3.93. The molecule has 7 nitrogen and oxygen atoms in total.